The predicted octanol–water partition coefficient (Wildman–Crippen LogP) is 2.09. The SMILES string of the molecule is CN=C(NCCCCN(C)C(C)C)NCCCN1C(=O)C2C3C=CC(C3)C2C1=O.I. The normalized spacial score (nSPS) is 27.3. The summed E-state index contributed by atoms with van der Waals surface area (Å²) in [5.74, 6) is 1.27. The van der Waals surface area contributed by atoms with E-state index in [9.17, 15) is 9.59 Å². The molecule has 1 saturated heterocycles. The number of allylic oxidation sites excluding steroid dienone is 2. The maximum Gasteiger partial charge on any atom is 0.233 e. The summed E-state index contributed by atoms with van der Waals surface area (Å²) in [6.45, 7) is 7.58. The third-order valence-corrected chi connectivity index (χ3v) is 6.75. The molecule has 30 heavy (non-hydrogen) atoms. The van der Waals surface area contributed by atoms with Gasteiger partial charge in [0.25, 0.3) is 0 Å². The van der Waals surface area contributed by atoms with Crippen molar-refractivity contribution in [3.63, 3.8) is 0 Å². The summed E-state index contributed by atoms with van der Waals surface area (Å²) in [4.78, 5) is 33.5. The van der Waals surface area contributed by atoms with Crippen LogP contribution in [0.4, 0.5) is 0 Å². The lowest BCUT2D eigenvalue weighted by molar-refractivity contribution is -0.140. The van der Waals surface area contributed by atoms with Crippen LogP contribution in [0.1, 0.15) is 39.5 Å². The van der Waals surface area contributed by atoms with Crippen molar-refractivity contribution in [3.05, 3.63) is 12.2 Å². The molecule has 3 rings (SSSR count). The van der Waals surface area contributed by atoms with Crippen LogP contribution in [0.25, 0.3) is 0 Å². The van der Waals surface area contributed by atoms with Crippen molar-refractivity contribution in [2.75, 3.05) is 40.3 Å². The summed E-state index contributed by atoms with van der Waals surface area (Å²) in [5, 5.41) is 6.62. The molecule has 4 unspecified atom stereocenters. The molecule has 2 amide bonds. The number of hydrogen-bond donors (Lipinski definition) is 2. The van der Waals surface area contributed by atoms with Crippen molar-refractivity contribution in [3.8, 4) is 0 Å². The van der Waals surface area contributed by atoms with E-state index in [1.54, 1.807) is 7.05 Å². The second kappa shape index (κ2) is 11.5. The molecule has 1 heterocycles. The number of rotatable bonds is 10. The summed E-state index contributed by atoms with van der Waals surface area (Å²) >= 11 is 0. The standard InChI is InChI=1S/C22H37N5O2.HI/c1-15(2)26(4)12-6-5-10-24-22(23-3)25-11-7-13-27-20(28)18-16-8-9-17(14-16)19(18)21(27)29;/h8-9,15-19H,5-7,10-14H2,1-4H3,(H2,23,24,25);1H. The third-order valence-electron chi connectivity index (χ3n) is 6.75. The van der Waals surface area contributed by atoms with Gasteiger partial charge < -0.3 is 15.5 Å². The molecule has 2 N–H and O–H groups in total. The van der Waals surface area contributed by atoms with Gasteiger partial charge in [0.15, 0.2) is 5.96 Å². The number of amides is 2. The van der Waals surface area contributed by atoms with E-state index in [0.717, 1.165) is 44.7 Å². The highest BCUT2D eigenvalue weighted by molar-refractivity contribution is 14.0. The van der Waals surface area contributed by atoms with Crippen LogP contribution in [0, 0.1) is 23.7 Å². The van der Waals surface area contributed by atoms with Crippen molar-refractivity contribution in [2.45, 2.75) is 45.6 Å². The van der Waals surface area contributed by atoms with E-state index < -0.39 is 0 Å². The Morgan fingerprint density at radius 1 is 1.10 bits per heavy atom. The van der Waals surface area contributed by atoms with Gasteiger partial charge in [-0.3, -0.25) is 19.5 Å². The number of aliphatic imine (C=N–C) groups is 1. The van der Waals surface area contributed by atoms with Crippen molar-refractivity contribution < 1.29 is 9.59 Å². The molecule has 2 fully saturated rings. The first-order valence-electron chi connectivity index (χ1n) is 11.1. The average Bonchev–Trinajstić information content (AvgIpc) is 3.38. The summed E-state index contributed by atoms with van der Waals surface area (Å²) in [7, 11) is 3.92. The maximum absolute atomic E-state index is 12.7. The van der Waals surface area contributed by atoms with Crippen LogP contribution >= 0.6 is 24.0 Å². The number of carbonyl (C=O) groups excluding carboxylic acids is 2. The van der Waals surface area contributed by atoms with Gasteiger partial charge in [0, 0.05) is 32.7 Å². The minimum absolute atomic E-state index is 0. The number of unbranched alkanes of at least 4 members (excludes halogenated alkanes) is 1. The lowest BCUT2D eigenvalue weighted by atomic mass is 9.85. The van der Waals surface area contributed by atoms with E-state index >= 15 is 0 Å². The Morgan fingerprint density at radius 3 is 2.20 bits per heavy atom. The summed E-state index contributed by atoms with van der Waals surface area (Å²) in [6.07, 6.45) is 8.24. The second-order valence-corrected chi connectivity index (χ2v) is 8.89. The minimum Gasteiger partial charge on any atom is -0.356 e. The van der Waals surface area contributed by atoms with E-state index in [1.807, 2.05) is 0 Å². The van der Waals surface area contributed by atoms with Crippen molar-refractivity contribution >= 4 is 41.8 Å². The lowest BCUT2D eigenvalue weighted by Crippen LogP contribution is -2.40. The predicted molar refractivity (Wildman–Crippen MR) is 131 cm³/mol. The van der Waals surface area contributed by atoms with Crippen LogP contribution in [-0.4, -0.2) is 73.9 Å². The Hall–Kier alpha value is -1.16. The number of carbonyl (C=O) groups is 2. The topological polar surface area (TPSA) is 77.0 Å². The molecule has 3 aliphatic rings. The Morgan fingerprint density at radius 2 is 1.67 bits per heavy atom. The summed E-state index contributed by atoms with van der Waals surface area (Å²) < 4.78 is 0. The van der Waals surface area contributed by atoms with Gasteiger partial charge in [-0.2, -0.15) is 0 Å². The van der Waals surface area contributed by atoms with Gasteiger partial charge in [0.05, 0.1) is 11.8 Å². The number of fused-ring (bicyclic) bond motifs is 5. The minimum atomic E-state index is -0.0883. The largest absolute Gasteiger partial charge is 0.356 e. The fraction of sp³-hybridized carbons (Fsp3) is 0.773. The first-order chi connectivity index (χ1) is 13.9. The molecule has 8 heteroatoms. The first-order valence-corrected chi connectivity index (χ1v) is 11.1. The van der Waals surface area contributed by atoms with Gasteiger partial charge in [-0.25, -0.2) is 0 Å². The third kappa shape index (κ3) is 5.55. The molecule has 2 bridgehead atoms. The van der Waals surface area contributed by atoms with Crippen LogP contribution in [-0.2, 0) is 9.59 Å². The molecular weight excluding hydrogens is 493 g/mol. The molecule has 4 atom stereocenters. The maximum atomic E-state index is 12.7. The summed E-state index contributed by atoms with van der Waals surface area (Å²) in [5.41, 5.74) is 0. The molecule has 0 spiro atoms. The van der Waals surface area contributed by atoms with Gasteiger partial charge in [-0.05, 0) is 65.0 Å². The van der Waals surface area contributed by atoms with E-state index in [-0.39, 0.29) is 59.5 Å². The molecule has 0 radical (unpaired) electrons. The monoisotopic (exact) mass is 531 g/mol. The number of imide groups is 1. The lowest BCUT2D eigenvalue weighted by Gasteiger charge is -2.21. The van der Waals surface area contributed by atoms with Gasteiger partial charge in [0.1, 0.15) is 0 Å². The molecule has 1 saturated carbocycles. The molecule has 0 aromatic rings. The highest BCUT2D eigenvalue weighted by Gasteiger charge is 2.58. The van der Waals surface area contributed by atoms with Crippen LogP contribution in [0.3, 0.4) is 0 Å². The van der Waals surface area contributed by atoms with Crippen LogP contribution in [0.15, 0.2) is 17.1 Å². The molecule has 2 aliphatic carbocycles. The molecule has 0 aromatic heterocycles. The number of likely N-dealkylation sites (tertiary alicyclic amines) is 1. The Kier molecular flexibility index (Phi) is 9.59. The fourth-order valence-corrected chi connectivity index (χ4v) is 4.80. The molecule has 170 valence electrons. The second-order valence-electron chi connectivity index (χ2n) is 8.89. The number of nitrogens with zero attached hydrogens (tertiary/aromatic N) is 3. The number of halogens is 1. The molecule has 7 nitrogen and oxygen atoms in total. The first kappa shape index (κ1) is 25.1. The van der Waals surface area contributed by atoms with E-state index in [4.69, 9.17) is 0 Å². The van der Waals surface area contributed by atoms with Gasteiger partial charge >= 0.3 is 0 Å². The van der Waals surface area contributed by atoms with Gasteiger partial charge in [-0.1, -0.05) is 12.2 Å². The van der Waals surface area contributed by atoms with E-state index in [0.29, 0.717) is 19.1 Å². The smallest absolute Gasteiger partial charge is 0.233 e. The van der Waals surface area contributed by atoms with E-state index in [2.05, 4.69) is 53.6 Å². The van der Waals surface area contributed by atoms with E-state index in [1.165, 1.54) is 4.90 Å². The number of nitrogens with one attached hydrogen (secondary N) is 2. The summed E-state index contributed by atoms with van der Waals surface area (Å²) in [6, 6.07) is 0.581. The zero-order valence-corrected chi connectivity index (χ0v) is 21.1. The molecular formula is C22H38IN5O2. The Balaban J connectivity index is 0.00000320. The number of hydrogen-bond acceptors (Lipinski definition) is 4. The number of guanidine groups is 1. The molecule has 0 aromatic carbocycles. The van der Waals surface area contributed by atoms with Crippen molar-refractivity contribution in [1.82, 2.24) is 20.4 Å². The Labute approximate surface area is 198 Å². The van der Waals surface area contributed by atoms with Gasteiger partial charge in [0.2, 0.25) is 11.8 Å². The highest BCUT2D eigenvalue weighted by atomic mass is 127. The van der Waals surface area contributed by atoms with Crippen molar-refractivity contribution in [2.24, 2.45) is 28.7 Å². The Bertz CT molecular complexity index is 636. The molecule has 1 aliphatic heterocycles. The van der Waals surface area contributed by atoms with Crippen LogP contribution in [0.5, 0.6) is 0 Å². The van der Waals surface area contributed by atoms with Crippen molar-refractivity contribution in [1.29, 1.82) is 0 Å². The quantitative estimate of drug-likeness (QED) is 0.113. The van der Waals surface area contributed by atoms with Gasteiger partial charge in [-0.15, -0.1) is 24.0 Å². The highest BCUT2D eigenvalue weighted by Crippen LogP contribution is 2.52. The fourth-order valence-electron chi connectivity index (χ4n) is 4.80. The average molecular weight is 531 g/mol. The van der Waals surface area contributed by atoms with Crippen LogP contribution in [0.2, 0.25) is 0 Å². The van der Waals surface area contributed by atoms with Crippen LogP contribution < -0.4 is 10.6 Å². The zero-order chi connectivity index (χ0) is 21.0. The zero-order valence-electron chi connectivity index (χ0n) is 18.8.